The first kappa shape index (κ1) is 24.3. The lowest BCUT2D eigenvalue weighted by molar-refractivity contribution is -0.122. The number of benzene rings is 2. The Hall–Kier alpha value is -4.86. The van der Waals surface area contributed by atoms with E-state index in [-0.39, 0.29) is 34.9 Å². The van der Waals surface area contributed by atoms with E-state index in [0.717, 1.165) is 4.90 Å². The Morgan fingerprint density at radius 2 is 1.81 bits per heavy atom. The van der Waals surface area contributed by atoms with E-state index in [9.17, 15) is 24.3 Å². The van der Waals surface area contributed by atoms with E-state index in [1.165, 1.54) is 30.3 Å². The molecule has 3 aromatic rings. The van der Waals surface area contributed by atoms with Crippen molar-refractivity contribution in [1.29, 1.82) is 0 Å². The summed E-state index contributed by atoms with van der Waals surface area (Å²) in [6.07, 6.45) is 1.22. The van der Waals surface area contributed by atoms with E-state index in [2.05, 4.69) is 5.32 Å². The molecular formula is C26H22N2O8. The van der Waals surface area contributed by atoms with Gasteiger partial charge in [-0.05, 0) is 56.3 Å². The standard InChI is InChI=1S/C26H22N2O8/c1-3-34-17-8-11-22(35-4-2)20(14-17)28-24(30)19(23(29)27-26(28)33)13-18-9-10-21(36-18)15-6-5-7-16(12-15)25(31)32/h5-14H,3-4H2,1-2H3,(H,31,32)(H,27,29,33)/b19-13-. The molecule has 0 bridgehead atoms. The van der Waals surface area contributed by atoms with Crippen molar-refractivity contribution in [2.75, 3.05) is 18.1 Å². The Balaban J connectivity index is 1.70. The van der Waals surface area contributed by atoms with E-state index < -0.39 is 23.8 Å². The predicted molar refractivity (Wildman–Crippen MR) is 129 cm³/mol. The molecule has 1 saturated heterocycles. The number of nitrogens with zero attached hydrogens (tertiary/aromatic N) is 1. The van der Waals surface area contributed by atoms with Crippen LogP contribution in [-0.2, 0) is 9.59 Å². The zero-order valence-electron chi connectivity index (χ0n) is 19.4. The average Bonchev–Trinajstić information content (AvgIpc) is 3.32. The molecule has 2 aromatic carbocycles. The fraction of sp³-hybridized carbons (Fsp3) is 0.154. The van der Waals surface area contributed by atoms with Crippen LogP contribution in [0.1, 0.15) is 30.0 Å². The van der Waals surface area contributed by atoms with Crippen LogP contribution in [0, 0.1) is 0 Å². The number of hydrogen-bond acceptors (Lipinski definition) is 7. The van der Waals surface area contributed by atoms with Crippen LogP contribution in [0.3, 0.4) is 0 Å². The maximum absolute atomic E-state index is 13.3. The van der Waals surface area contributed by atoms with E-state index in [0.29, 0.717) is 23.7 Å². The lowest BCUT2D eigenvalue weighted by Crippen LogP contribution is -2.54. The van der Waals surface area contributed by atoms with Crippen molar-refractivity contribution >= 4 is 35.6 Å². The predicted octanol–water partition coefficient (Wildman–Crippen LogP) is 4.11. The van der Waals surface area contributed by atoms with Crippen LogP contribution < -0.4 is 19.7 Å². The van der Waals surface area contributed by atoms with E-state index >= 15 is 0 Å². The van der Waals surface area contributed by atoms with Gasteiger partial charge in [0, 0.05) is 11.6 Å². The summed E-state index contributed by atoms with van der Waals surface area (Å²) in [6.45, 7) is 4.20. The number of hydrogen-bond donors (Lipinski definition) is 2. The number of aromatic carboxylic acids is 1. The SMILES string of the molecule is CCOc1ccc(OCC)c(N2C(=O)NC(=O)/C(=C/c3ccc(-c4cccc(C(=O)O)c4)o3)C2=O)c1. The third-order valence-electron chi connectivity index (χ3n) is 5.19. The molecule has 1 fully saturated rings. The molecule has 0 spiro atoms. The Labute approximate surface area is 205 Å². The molecule has 4 rings (SSSR count). The van der Waals surface area contributed by atoms with Gasteiger partial charge in [-0.1, -0.05) is 12.1 Å². The van der Waals surface area contributed by atoms with Crippen molar-refractivity contribution in [3.8, 4) is 22.8 Å². The molecule has 0 atom stereocenters. The first-order valence-corrected chi connectivity index (χ1v) is 11.1. The summed E-state index contributed by atoms with van der Waals surface area (Å²) in [4.78, 5) is 50.7. The van der Waals surface area contributed by atoms with Gasteiger partial charge in [0.2, 0.25) is 0 Å². The second kappa shape index (κ2) is 10.2. The summed E-state index contributed by atoms with van der Waals surface area (Å²) in [5.74, 6) is -1.67. The quantitative estimate of drug-likeness (QED) is 0.356. The number of carboxylic acids is 1. The van der Waals surface area contributed by atoms with Crippen molar-refractivity contribution in [2.45, 2.75) is 13.8 Å². The van der Waals surface area contributed by atoms with Gasteiger partial charge in [-0.15, -0.1) is 0 Å². The van der Waals surface area contributed by atoms with Gasteiger partial charge < -0.3 is 19.0 Å². The van der Waals surface area contributed by atoms with Crippen LogP contribution in [0.2, 0.25) is 0 Å². The van der Waals surface area contributed by atoms with Crippen molar-refractivity contribution in [1.82, 2.24) is 5.32 Å². The van der Waals surface area contributed by atoms with E-state index in [1.807, 2.05) is 0 Å². The molecule has 36 heavy (non-hydrogen) atoms. The molecule has 0 aliphatic carbocycles. The molecule has 1 aliphatic heterocycles. The number of ether oxygens (including phenoxy) is 2. The molecule has 10 nitrogen and oxygen atoms in total. The first-order chi connectivity index (χ1) is 17.3. The number of amides is 4. The molecule has 2 heterocycles. The maximum Gasteiger partial charge on any atom is 0.336 e. The Morgan fingerprint density at radius 3 is 2.53 bits per heavy atom. The van der Waals surface area contributed by atoms with Crippen LogP contribution in [0.25, 0.3) is 17.4 Å². The minimum absolute atomic E-state index is 0.0826. The minimum atomic E-state index is -1.08. The van der Waals surface area contributed by atoms with Crippen molar-refractivity contribution in [3.63, 3.8) is 0 Å². The third-order valence-corrected chi connectivity index (χ3v) is 5.19. The first-order valence-electron chi connectivity index (χ1n) is 11.1. The lowest BCUT2D eigenvalue weighted by Gasteiger charge is -2.28. The number of carbonyl (C=O) groups is 4. The summed E-state index contributed by atoms with van der Waals surface area (Å²) in [5.41, 5.74) is 0.373. The molecule has 1 aliphatic rings. The molecule has 0 unspecified atom stereocenters. The van der Waals surface area contributed by atoms with Crippen LogP contribution in [0.4, 0.5) is 10.5 Å². The zero-order chi connectivity index (χ0) is 25.8. The summed E-state index contributed by atoms with van der Waals surface area (Å²) in [6, 6.07) is 13.0. The van der Waals surface area contributed by atoms with Crippen LogP contribution >= 0.6 is 0 Å². The Morgan fingerprint density at radius 1 is 1.03 bits per heavy atom. The number of furan rings is 1. The molecule has 4 amide bonds. The van der Waals surface area contributed by atoms with E-state index in [4.69, 9.17) is 13.9 Å². The summed E-state index contributed by atoms with van der Waals surface area (Å²) in [7, 11) is 0. The fourth-order valence-corrected chi connectivity index (χ4v) is 3.62. The molecule has 10 heteroatoms. The monoisotopic (exact) mass is 490 g/mol. The normalized spacial score (nSPS) is 14.7. The number of nitrogens with one attached hydrogen (secondary N) is 1. The summed E-state index contributed by atoms with van der Waals surface area (Å²) < 4.78 is 16.8. The van der Waals surface area contributed by atoms with Crippen LogP contribution in [0.5, 0.6) is 11.5 Å². The molecular weight excluding hydrogens is 468 g/mol. The largest absolute Gasteiger partial charge is 0.494 e. The molecule has 184 valence electrons. The fourth-order valence-electron chi connectivity index (χ4n) is 3.62. The highest BCUT2D eigenvalue weighted by atomic mass is 16.5. The zero-order valence-corrected chi connectivity index (χ0v) is 19.4. The van der Waals surface area contributed by atoms with Gasteiger partial charge in [0.25, 0.3) is 11.8 Å². The molecule has 0 radical (unpaired) electrons. The van der Waals surface area contributed by atoms with Gasteiger partial charge >= 0.3 is 12.0 Å². The van der Waals surface area contributed by atoms with Gasteiger partial charge in [-0.2, -0.15) is 0 Å². The number of imide groups is 2. The number of carboxylic acid groups (broad SMARTS) is 1. The minimum Gasteiger partial charge on any atom is -0.494 e. The number of carbonyl (C=O) groups excluding carboxylic acids is 3. The maximum atomic E-state index is 13.3. The smallest absolute Gasteiger partial charge is 0.336 e. The Bertz CT molecular complexity index is 1390. The second-order valence-electron chi connectivity index (χ2n) is 7.54. The van der Waals surface area contributed by atoms with Crippen molar-refractivity contribution < 1.29 is 38.2 Å². The van der Waals surface area contributed by atoms with Gasteiger partial charge in [0.05, 0.1) is 24.5 Å². The van der Waals surface area contributed by atoms with Crippen LogP contribution in [-0.4, -0.2) is 42.1 Å². The number of anilines is 1. The average molecular weight is 490 g/mol. The third kappa shape index (κ3) is 4.83. The highest BCUT2D eigenvalue weighted by Gasteiger charge is 2.38. The van der Waals surface area contributed by atoms with Gasteiger partial charge in [0.15, 0.2) is 0 Å². The highest BCUT2D eigenvalue weighted by molar-refractivity contribution is 6.39. The van der Waals surface area contributed by atoms with Crippen LogP contribution in [0.15, 0.2) is 64.6 Å². The number of urea groups is 1. The van der Waals surface area contributed by atoms with Crippen molar-refractivity contribution in [3.05, 3.63) is 71.5 Å². The molecule has 0 saturated carbocycles. The van der Waals surface area contributed by atoms with Gasteiger partial charge in [-0.3, -0.25) is 14.9 Å². The topological polar surface area (TPSA) is 135 Å². The number of barbiturate groups is 1. The second-order valence-corrected chi connectivity index (χ2v) is 7.54. The van der Waals surface area contributed by atoms with Gasteiger partial charge in [-0.25, -0.2) is 14.5 Å². The number of rotatable bonds is 8. The Kier molecular flexibility index (Phi) is 6.86. The summed E-state index contributed by atoms with van der Waals surface area (Å²) in [5, 5.41) is 11.4. The summed E-state index contributed by atoms with van der Waals surface area (Å²) >= 11 is 0. The van der Waals surface area contributed by atoms with Crippen molar-refractivity contribution in [2.24, 2.45) is 0 Å². The molecule has 2 N–H and O–H groups in total. The molecule has 1 aromatic heterocycles. The van der Waals surface area contributed by atoms with E-state index in [1.54, 1.807) is 44.2 Å². The lowest BCUT2D eigenvalue weighted by atomic mass is 10.1. The van der Waals surface area contributed by atoms with Gasteiger partial charge in [0.1, 0.15) is 28.6 Å². The highest BCUT2D eigenvalue weighted by Crippen LogP contribution is 2.35.